The van der Waals surface area contributed by atoms with Crippen molar-refractivity contribution in [2.45, 2.75) is 129 Å². The Morgan fingerprint density at radius 2 is 0.966 bits per heavy atom. The van der Waals surface area contributed by atoms with E-state index in [0.29, 0.717) is 6.42 Å². The SMILES string of the molecule is CC(=O)NN(C)C.CCCCCCCCCCCCCCCCCCCC(=O)O. The number of carbonyl (C=O) groups excluding carboxylic acids is 1. The molecule has 0 fully saturated rings. The first-order valence-electron chi connectivity index (χ1n) is 12.1. The molecule has 5 heteroatoms. The fourth-order valence-corrected chi connectivity index (χ4v) is 3.32. The number of carbonyl (C=O) groups is 2. The molecule has 5 nitrogen and oxygen atoms in total. The van der Waals surface area contributed by atoms with Crippen LogP contribution >= 0.6 is 0 Å². The van der Waals surface area contributed by atoms with Gasteiger partial charge < -0.3 is 5.11 Å². The minimum Gasteiger partial charge on any atom is -0.481 e. The largest absolute Gasteiger partial charge is 0.481 e. The van der Waals surface area contributed by atoms with Crippen LogP contribution in [0.5, 0.6) is 0 Å². The molecule has 174 valence electrons. The molecule has 0 aliphatic carbocycles. The first-order valence-corrected chi connectivity index (χ1v) is 12.1. The number of aliphatic carboxylic acids is 1. The van der Waals surface area contributed by atoms with E-state index in [4.69, 9.17) is 5.11 Å². The summed E-state index contributed by atoms with van der Waals surface area (Å²) in [6.07, 6.45) is 23.1. The molecule has 0 aliphatic rings. The molecular weight excluding hydrogens is 364 g/mol. The van der Waals surface area contributed by atoms with Gasteiger partial charge in [-0.25, -0.2) is 5.01 Å². The third-order valence-corrected chi connectivity index (χ3v) is 4.88. The fourth-order valence-electron chi connectivity index (χ4n) is 3.32. The standard InChI is InChI=1S/C20H40O2.C4H10N2O/c1-2-3-4-5-6-7-8-9-10-11-12-13-14-15-16-17-18-19-20(21)22;1-4(7)5-6(2)3/h2-19H2,1H3,(H,21,22);1-3H3,(H,5,7). The van der Waals surface area contributed by atoms with E-state index in [1.54, 1.807) is 19.1 Å². The first-order chi connectivity index (χ1) is 13.9. The molecule has 0 aromatic carbocycles. The van der Waals surface area contributed by atoms with Gasteiger partial charge in [-0.1, -0.05) is 110 Å². The topological polar surface area (TPSA) is 69.6 Å². The molecule has 0 saturated carbocycles. The van der Waals surface area contributed by atoms with Gasteiger partial charge in [0.05, 0.1) is 0 Å². The number of nitrogens with zero attached hydrogens (tertiary/aromatic N) is 1. The van der Waals surface area contributed by atoms with Gasteiger partial charge in [-0.05, 0) is 6.42 Å². The molecule has 2 N–H and O–H groups in total. The Hall–Kier alpha value is -1.10. The van der Waals surface area contributed by atoms with Crippen molar-refractivity contribution in [1.29, 1.82) is 0 Å². The van der Waals surface area contributed by atoms with Crippen LogP contribution in [0, 0.1) is 0 Å². The summed E-state index contributed by atoms with van der Waals surface area (Å²) in [4.78, 5) is 20.5. The summed E-state index contributed by atoms with van der Waals surface area (Å²) >= 11 is 0. The van der Waals surface area contributed by atoms with Crippen LogP contribution in [0.15, 0.2) is 0 Å². The Labute approximate surface area is 181 Å². The van der Waals surface area contributed by atoms with Crippen LogP contribution in [0.2, 0.25) is 0 Å². The number of nitrogens with one attached hydrogen (secondary N) is 1. The Kier molecular flexibility index (Phi) is 25.9. The van der Waals surface area contributed by atoms with Crippen molar-refractivity contribution < 1.29 is 14.7 Å². The van der Waals surface area contributed by atoms with Crippen LogP contribution in [0.1, 0.15) is 129 Å². The molecule has 0 aromatic heterocycles. The van der Waals surface area contributed by atoms with Gasteiger partial charge in [0, 0.05) is 27.4 Å². The number of amides is 1. The molecule has 0 bridgehead atoms. The van der Waals surface area contributed by atoms with Gasteiger partial charge in [-0.3, -0.25) is 15.0 Å². The van der Waals surface area contributed by atoms with Crippen LogP contribution < -0.4 is 5.43 Å². The maximum atomic E-state index is 10.4. The van der Waals surface area contributed by atoms with Gasteiger partial charge in [0.2, 0.25) is 5.91 Å². The predicted octanol–water partition coefficient (Wildman–Crippen LogP) is 6.71. The Bertz CT molecular complexity index is 360. The zero-order chi connectivity index (χ0) is 22.2. The molecular formula is C24H50N2O3. The normalized spacial score (nSPS) is 10.5. The number of hydrogen-bond donors (Lipinski definition) is 2. The van der Waals surface area contributed by atoms with E-state index >= 15 is 0 Å². The van der Waals surface area contributed by atoms with Crippen molar-refractivity contribution in [2.24, 2.45) is 0 Å². The molecule has 0 aliphatic heterocycles. The van der Waals surface area contributed by atoms with Gasteiger partial charge in [0.25, 0.3) is 0 Å². The van der Waals surface area contributed by atoms with Crippen molar-refractivity contribution in [3.63, 3.8) is 0 Å². The van der Waals surface area contributed by atoms with E-state index in [-0.39, 0.29) is 5.91 Å². The molecule has 0 saturated heterocycles. The lowest BCUT2D eigenvalue weighted by Crippen LogP contribution is -2.34. The second kappa shape index (κ2) is 24.9. The maximum absolute atomic E-state index is 10.4. The highest BCUT2D eigenvalue weighted by atomic mass is 16.4. The van der Waals surface area contributed by atoms with Crippen LogP contribution in [-0.2, 0) is 9.59 Å². The molecule has 0 aromatic rings. The number of carboxylic acids is 1. The number of rotatable bonds is 19. The number of hydrogen-bond acceptors (Lipinski definition) is 3. The summed E-state index contributed by atoms with van der Waals surface area (Å²) in [6, 6.07) is 0. The van der Waals surface area contributed by atoms with Crippen LogP contribution in [0.25, 0.3) is 0 Å². The van der Waals surface area contributed by atoms with Crippen molar-refractivity contribution in [1.82, 2.24) is 10.4 Å². The van der Waals surface area contributed by atoms with E-state index in [9.17, 15) is 9.59 Å². The Balaban J connectivity index is 0. The van der Waals surface area contributed by atoms with Gasteiger partial charge in [0.15, 0.2) is 0 Å². The number of hydrazine groups is 1. The zero-order valence-electron chi connectivity index (χ0n) is 19.9. The minimum absolute atomic E-state index is 0.0370. The van der Waals surface area contributed by atoms with Crippen LogP contribution in [0.4, 0.5) is 0 Å². The zero-order valence-corrected chi connectivity index (χ0v) is 19.9. The van der Waals surface area contributed by atoms with E-state index in [2.05, 4.69) is 12.3 Å². The van der Waals surface area contributed by atoms with Gasteiger partial charge in [0.1, 0.15) is 0 Å². The van der Waals surface area contributed by atoms with E-state index < -0.39 is 5.97 Å². The van der Waals surface area contributed by atoms with E-state index in [1.165, 1.54) is 103 Å². The maximum Gasteiger partial charge on any atom is 0.303 e. The summed E-state index contributed by atoms with van der Waals surface area (Å²) in [6.45, 7) is 3.75. The average Bonchev–Trinajstić information content (AvgIpc) is 2.63. The Morgan fingerprint density at radius 3 is 1.17 bits per heavy atom. The minimum atomic E-state index is -0.652. The quantitative estimate of drug-likeness (QED) is 0.182. The molecule has 0 rings (SSSR count). The smallest absolute Gasteiger partial charge is 0.303 e. The molecule has 1 amide bonds. The van der Waals surface area contributed by atoms with Gasteiger partial charge in [-0.15, -0.1) is 0 Å². The third kappa shape index (κ3) is 34.8. The van der Waals surface area contributed by atoms with E-state index in [0.717, 1.165) is 12.8 Å². The summed E-state index contributed by atoms with van der Waals surface area (Å²) in [5.74, 6) is -0.689. The highest BCUT2D eigenvalue weighted by Gasteiger charge is 1.97. The number of unbranched alkanes of at least 4 members (excludes halogenated alkanes) is 16. The first kappa shape index (κ1) is 30.1. The average molecular weight is 415 g/mol. The molecule has 0 atom stereocenters. The second-order valence-electron chi connectivity index (χ2n) is 8.36. The predicted molar refractivity (Wildman–Crippen MR) is 124 cm³/mol. The lowest BCUT2D eigenvalue weighted by Gasteiger charge is -2.07. The third-order valence-electron chi connectivity index (χ3n) is 4.88. The molecule has 0 unspecified atom stereocenters. The van der Waals surface area contributed by atoms with Crippen molar-refractivity contribution in [3.05, 3.63) is 0 Å². The van der Waals surface area contributed by atoms with Gasteiger partial charge in [-0.2, -0.15) is 0 Å². The van der Waals surface area contributed by atoms with E-state index in [1.807, 2.05) is 0 Å². The monoisotopic (exact) mass is 414 g/mol. The molecule has 0 radical (unpaired) electrons. The summed E-state index contributed by atoms with van der Waals surface area (Å²) in [5, 5.41) is 10.1. The van der Waals surface area contributed by atoms with Gasteiger partial charge >= 0.3 is 5.97 Å². The summed E-state index contributed by atoms with van der Waals surface area (Å²) in [7, 11) is 3.53. The Morgan fingerprint density at radius 1 is 0.655 bits per heavy atom. The van der Waals surface area contributed by atoms with Crippen LogP contribution in [0.3, 0.4) is 0 Å². The van der Waals surface area contributed by atoms with Crippen molar-refractivity contribution in [2.75, 3.05) is 14.1 Å². The van der Waals surface area contributed by atoms with Crippen molar-refractivity contribution >= 4 is 11.9 Å². The fraction of sp³-hybridized carbons (Fsp3) is 0.917. The molecule has 29 heavy (non-hydrogen) atoms. The second-order valence-corrected chi connectivity index (χ2v) is 8.36. The highest BCUT2D eigenvalue weighted by Crippen LogP contribution is 2.14. The summed E-state index contributed by atoms with van der Waals surface area (Å²) in [5.41, 5.74) is 2.50. The molecule has 0 heterocycles. The highest BCUT2D eigenvalue weighted by molar-refractivity contribution is 5.72. The lowest BCUT2D eigenvalue weighted by atomic mass is 10.0. The van der Waals surface area contributed by atoms with Crippen molar-refractivity contribution in [3.8, 4) is 0 Å². The lowest BCUT2D eigenvalue weighted by molar-refractivity contribution is -0.137. The summed E-state index contributed by atoms with van der Waals surface area (Å²) < 4.78 is 0. The molecule has 0 spiro atoms. The number of carboxylic acid groups (broad SMARTS) is 1. The van der Waals surface area contributed by atoms with Crippen LogP contribution in [-0.4, -0.2) is 36.1 Å².